The van der Waals surface area contributed by atoms with Crippen LogP contribution >= 0.6 is 11.3 Å². The monoisotopic (exact) mass is 307 g/mol. The molecule has 0 spiro atoms. The maximum absolute atomic E-state index is 11.2. The summed E-state index contributed by atoms with van der Waals surface area (Å²) in [5.41, 5.74) is 1.46. The van der Waals surface area contributed by atoms with Gasteiger partial charge >= 0.3 is 5.69 Å². The number of thiophene rings is 1. The van der Waals surface area contributed by atoms with E-state index in [4.69, 9.17) is 0 Å². The molecule has 1 unspecified atom stereocenters. The van der Waals surface area contributed by atoms with Crippen molar-refractivity contribution in [2.24, 2.45) is 0 Å². The van der Waals surface area contributed by atoms with Gasteiger partial charge in [0.05, 0.1) is 4.92 Å². The highest BCUT2D eigenvalue weighted by Gasteiger charge is 2.23. The second-order valence-corrected chi connectivity index (χ2v) is 5.50. The van der Waals surface area contributed by atoms with E-state index in [2.05, 4.69) is 26.0 Å². The van der Waals surface area contributed by atoms with Crippen LogP contribution in [0.4, 0.5) is 17.5 Å². The maximum atomic E-state index is 11.2. The first-order valence-electron chi connectivity index (χ1n) is 6.49. The van der Waals surface area contributed by atoms with Crippen LogP contribution in [0.5, 0.6) is 0 Å². The quantitative estimate of drug-likeness (QED) is 0.629. The Kier molecular flexibility index (Phi) is 4.69. The zero-order valence-corrected chi connectivity index (χ0v) is 12.9. The number of hydrogen-bond donors (Lipinski definition) is 2. The molecule has 2 rings (SSSR count). The molecule has 1 atom stereocenters. The number of hydrogen-bond acceptors (Lipinski definition) is 7. The highest BCUT2D eigenvalue weighted by atomic mass is 32.1. The predicted molar refractivity (Wildman–Crippen MR) is 84.1 cm³/mol. The number of nitrogens with one attached hydrogen (secondary N) is 2. The second-order valence-electron chi connectivity index (χ2n) is 4.72. The van der Waals surface area contributed by atoms with Gasteiger partial charge in [0.1, 0.15) is 5.69 Å². The Morgan fingerprint density at radius 3 is 2.81 bits per heavy atom. The van der Waals surface area contributed by atoms with Crippen molar-refractivity contribution in [2.75, 3.05) is 17.7 Å². The Balaban J connectivity index is 2.24. The predicted octanol–water partition coefficient (Wildman–Crippen LogP) is 2.84. The fraction of sp³-hybridized carbons (Fsp3) is 0.385. The molecule has 0 saturated carbocycles. The van der Waals surface area contributed by atoms with Gasteiger partial charge in [0, 0.05) is 13.1 Å². The molecule has 0 fully saturated rings. The van der Waals surface area contributed by atoms with Crippen molar-refractivity contribution in [3.05, 3.63) is 38.2 Å². The molecule has 0 radical (unpaired) electrons. The standard InChI is InChI=1S/C13H17N5O2S/c1-8(6-10-4-5-21-7-10)15-12-11(18(19)20)9(2)16-13(14-3)17-12/h4-5,7-8H,6H2,1-3H3,(H2,14,15,16,17). The van der Waals surface area contributed by atoms with Gasteiger partial charge in [-0.1, -0.05) is 0 Å². The SMILES string of the molecule is CNc1nc(C)c([N+](=O)[O-])c(NC(C)Cc2ccsc2)n1. The van der Waals surface area contributed by atoms with Crippen LogP contribution in [0.25, 0.3) is 0 Å². The summed E-state index contributed by atoms with van der Waals surface area (Å²) in [6, 6.07) is 2.07. The van der Waals surface area contributed by atoms with E-state index in [1.165, 1.54) is 5.56 Å². The second kappa shape index (κ2) is 6.49. The minimum atomic E-state index is -0.450. The summed E-state index contributed by atoms with van der Waals surface area (Å²) in [6.07, 6.45) is 0.776. The first-order chi connectivity index (χ1) is 10.0. The van der Waals surface area contributed by atoms with Crippen molar-refractivity contribution in [1.29, 1.82) is 0 Å². The van der Waals surface area contributed by atoms with Crippen LogP contribution in [0.3, 0.4) is 0 Å². The molecule has 21 heavy (non-hydrogen) atoms. The summed E-state index contributed by atoms with van der Waals surface area (Å²) in [4.78, 5) is 19.0. The first kappa shape index (κ1) is 15.2. The van der Waals surface area contributed by atoms with Gasteiger partial charge in [0.2, 0.25) is 11.8 Å². The third-order valence-electron chi connectivity index (χ3n) is 2.97. The molecule has 2 aromatic heterocycles. The van der Waals surface area contributed by atoms with Crippen LogP contribution < -0.4 is 10.6 Å². The van der Waals surface area contributed by atoms with Gasteiger partial charge < -0.3 is 10.6 Å². The van der Waals surface area contributed by atoms with E-state index in [0.717, 1.165) is 6.42 Å². The lowest BCUT2D eigenvalue weighted by molar-refractivity contribution is -0.385. The molecule has 0 aromatic carbocycles. The van der Waals surface area contributed by atoms with E-state index in [1.54, 1.807) is 25.3 Å². The van der Waals surface area contributed by atoms with Crippen molar-refractivity contribution in [1.82, 2.24) is 9.97 Å². The van der Waals surface area contributed by atoms with E-state index in [1.807, 2.05) is 18.4 Å². The summed E-state index contributed by atoms with van der Waals surface area (Å²) in [7, 11) is 1.68. The van der Waals surface area contributed by atoms with Crippen molar-refractivity contribution in [2.45, 2.75) is 26.3 Å². The van der Waals surface area contributed by atoms with Gasteiger partial charge in [-0.15, -0.1) is 0 Å². The lowest BCUT2D eigenvalue weighted by atomic mass is 10.1. The molecular formula is C13H17N5O2S. The van der Waals surface area contributed by atoms with Gasteiger partial charge in [-0.3, -0.25) is 10.1 Å². The molecule has 2 aromatic rings. The van der Waals surface area contributed by atoms with E-state index in [-0.39, 0.29) is 17.5 Å². The molecular weight excluding hydrogens is 290 g/mol. The molecule has 7 nitrogen and oxygen atoms in total. The van der Waals surface area contributed by atoms with Crippen LogP contribution in [0.1, 0.15) is 18.2 Å². The molecule has 8 heteroatoms. The smallest absolute Gasteiger partial charge is 0.332 e. The van der Waals surface area contributed by atoms with E-state index in [9.17, 15) is 10.1 Å². The molecule has 0 aliphatic carbocycles. The third-order valence-corrected chi connectivity index (χ3v) is 3.70. The van der Waals surface area contributed by atoms with Crippen LogP contribution in [0, 0.1) is 17.0 Å². The molecule has 112 valence electrons. The van der Waals surface area contributed by atoms with E-state index in [0.29, 0.717) is 11.6 Å². The van der Waals surface area contributed by atoms with Crippen molar-refractivity contribution < 1.29 is 4.92 Å². The molecule has 0 aliphatic rings. The first-order valence-corrected chi connectivity index (χ1v) is 7.44. The minimum Gasteiger partial charge on any atom is -0.361 e. The van der Waals surface area contributed by atoms with Crippen molar-refractivity contribution >= 4 is 28.8 Å². The average molecular weight is 307 g/mol. The van der Waals surface area contributed by atoms with Crippen LogP contribution in [-0.2, 0) is 6.42 Å². The van der Waals surface area contributed by atoms with Gasteiger partial charge in [-0.05, 0) is 42.7 Å². The van der Waals surface area contributed by atoms with Crippen LogP contribution in [0.2, 0.25) is 0 Å². The number of anilines is 2. The summed E-state index contributed by atoms with van der Waals surface area (Å²) >= 11 is 1.63. The summed E-state index contributed by atoms with van der Waals surface area (Å²) in [6.45, 7) is 3.58. The Morgan fingerprint density at radius 2 is 2.24 bits per heavy atom. The van der Waals surface area contributed by atoms with Crippen LogP contribution in [0.15, 0.2) is 16.8 Å². The van der Waals surface area contributed by atoms with Crippen molar-refractivity contribution in [3.63, 3.8) is 0 Å². The number of aryl methyl sites for hydroxylation is 1. The van der Waals surface area contributed by atoms with Crippen molar-refractivity contribution in [3.8, 4) is 0 Å². The Bertz CT molecular complexity index is 630. The molecule has 0 aliphatic heterocycles. The molecule has 0 bridgehead atoms. The Labute approximate surface area is 126 Å². The van der Waals surface area contributed by atoms with Gasteiger partial charge in [-0.25, -0.2) is 4.98 Å². The molecule has 0 amide bonds. The zero-order valence-electron chi connectivity index (χ0n) is 12.1. The normalized spacial score (nSPS) is 12.0. The number of rotatable bonds is 6. The number of nitro groups is 1. The summed E-state index contributed by atoms with van der Waals surface area (Å²) < 4.78 is 0. The highest BCUT2D eigenvalue weighted by Crippen LogP contribution is 2.27. The lowest BCUT2D eigenvalue weighted by Crippen LogP contribution is -2.20. The fourth-order valence-corrected chi connectivity index (χ4v) is 2.73. The maximum Gasteiger partial charge on any atom is 0.332 e. The molecule has 2 N–H and O–H groups in total. The Hall–Kier alpha value is -2.22. The highest BCUT2D eigenvalue weighted by molar-refractivity contribution is 7.07. The Morgan fingerprint density at radius 1 is 1.48 bits per heavy atom. The zero-order chi connectivity index (χ0) is 15.4. The lowest BCUT2D eigenvalue weighted by Gasteiger charge is -2.15. The minimum absolute atomic E-state index is 0.0253. The van der Waals surface area contributed by atoms with Crippen LogP contribution in [-0.4, -0.2) is 28.0 Å². The summed E-state index contributed by atoms with van der Waals surface area (Å²) in [5, 5.41) is 21.2. The third kappa shape index (κ3) is 3.66. The van der Waals surface area contributed by atoms with Gasteiger partial charge in [0.25, 0.3) is 0 Å². The van der Waals surface area contributed by atoms with E-state index >= 15 is 0 Å². The fourth-order valence-electron chi connectivity index (χ4n) is 2.04. The van der Waals surface area contributed by atoms with Gasteiger partial charge in [0.15, 0.2) is 0 Å². The van der Waals surface area contributed by atoms with Gasteiger partial charge in [-0.2, -0.15) is 16.3 Å². The van der Waals surface area contributed by atoms with E-state index < -0.39 is 4.92 Å². The average Bonchev–Trinajstić information content (AvgIpc) is 2.90. The summed E-state index contributed by atoms with van der Waals surface area (Å²) in [5.74, 6) is 0.614. The molecule has 2 heterocycles. The largest absolute Gasteiger partial charge is 0.361 e. The topological polar surface area (TPSA) is 93.0 Å². The number of aromatic nitrogens is 2. The number of nitrogens with zero attached hydrogens (tertiary/aromatic N) is 3. The molecule has 0 saturated heterocycles.